The van der Waals surface area contributed by atoms with Crippen molar-refractivity contribution in [3.63, 3.8) is 0 Å². The van der Waals surface area contributed by atoms with Crippen LogP contribution in [0.15, 0.2) is 12.4 Å². The lowest BCUT2D eigenvalue weighted by Gasteiger charge is -2.19. The summed E-state index contributed by atoms with van der Waals surface area (Å²) in [4.78, 5) is 13.7. The molecule has 1 aromatic rings. The molecule has 0 radical (unpaired) electrons. The summed E-state index contributed by atoms with van der Waals surface area (Å²) in [5.74, 6) is 0.469. The fraction of sp³-hybridized carbons (Fsp3) is 0.600. The molecule has 1 amide bonds. The van der Waals surface area contributed by atoms with E-state index in [0.717, 1.165) is 13.0 Å². The highest BCUT2D eigenvalue weighted by Gasteiger charge is 2.15. The summed E-state index contributed by atoms with van der Waals surface area (Å²) in [6, 6.07) is 0. The van der Waals surface area contributed by atoms with Gasteiger partial charge in [0.25, 0.3) is 5.91 Å². The normalized spacial score (nSPS) is 10.3. The minimum absolute atomic E-state index is 0.00519. The highest BCUT2D eigenvalue weighted by atomic mass is 35.5. The average molecular weight is 230 g/mol. The van der Waals surface area contributed by atoms with E-state index in [-0.39, 0.29) is 5.91 Å². The van der Waals surface area contributed by atoms with Crippen LogP contribution in [-0.2, 0) is 7.05 Å². The van der Waals surface area contributed by atoms with Crippen molar-refractivity contribution >= 4 is 17.5 Å². The largest absolute Gasteiger partial charge is 0.337 e. The first kappa shape index (κ1) is 12.0. The molecule has 0 aliphatic carbocycles. The van der Waals surface area contributed by atoms with Crippen LogP contribution in [0.5, 0.6) is 0 Å². The van der Waals surface area contributed by atoms with Crippen molar-refractivity contribution in [3.8, 4) is 0 Å². The number of rotatable bonds is 5. The molecule has 0 aliphatic heterocycles. The van der Waals surface area contributed by atoms with Gasteiger partial charge in [0.2, 0.25) is 0 Å². The molecule has 0 atom stereocenters. The Morgan fingerprint density at radius 1 is 1.60 bits per heavy atom. The zero-order chi connectivity index (χ0) is 11.3. The molecule has 84 valence electrons. The van der Waals surface area contributed by atoms with Crippen molar-refractivity contribution in [1.29, 1.82) is 0 Å². The van der Waals surface area contributed by atoms with Crippen molar-refractivity contribution in [3.05, 3.63) is 18.0 Å². The van der Waals surface area contributed by atoms with Crippen LogP contribution < -0.4 is 0 Å². The van der Waals surface area contributed by atoms with Gasteiger partial charge in [-0.1, -0.05) is 6.92 Å². The summed E-state index contributed by atoms with van der Waals surface area (Å²) >= 11 is 5.65. The van der Waals surface area contributed by atoms with E-state index in [4.69, 9.17) is 11.6 Å². The average Bonchev–Trinajstić information content (AvgIpc) is 2.63. The Morgan fingerprint density at radius 3 is 2.80 bits per heavy atom. The number of carbonyl (C=O) groups excluding carboxylic acids is 1. The molecule has 5 heteroatoms. The standard InChI is InChI=1S/C10H16ClN3O/c1-3-5-14(6-4-11)10(15)9-7-12-13(2)8-9/h7-8H,3-6H2,1-2H3. The van der Waals surface area contributed by atoms with Gasteiger partial charge in [-0.15, -0.1) is 11.6 Å². The molecule has 0 aliphatic rings. The summed E-state index contributed by atoms with van der Waals surface area (Å²) < 4.78 is 1.62. The molecule has 0 spiro atoms. The maximum absolute atomic E-state index is 12.0. The van der Waals surface area contributed by atoms with E-state index in [1.807, 2.05) is 6.92 Å². The molecule has 15 heavy (non-hydrogen) atoms. The third-order valence-electron chi connectivity index (χ3n) is 2.09. The molecule has 4 nitrogen and oxygen atoms in total. The zero-order valence-electron chi connectivity index (χ0n) is 9.11. The van der Waals surface area contributed by atoms with Gasteiger partial charge in [0.05, 0.1) is 11.8 Å². The van der Waals surface area contributed by atoms with Crippen molar-refractivity contribution in [2.45, 2.75) is 13.3 Å². The van der Waals surface area contributed by atoms with Crippen LogP contribution in [0.4, 0.5) is 0 Å². The maximum atomic E-state index is 12.0. The van der Waals surface area contributed by atoms with Gasteiger partial charge in [0.15, 0.2) is 0 Å². The van der Waals surface area contributed by atoms with Gasteiger partial charge >= 0.3 is 0 Å². The SMILES string of the molecule is CCCN(CCCl)C(=O)c1cnn(C)c1. The van der Waals surface area contributed by atoms with Gasteiger partial charge in [0, 0.05) is 32.2 Å². The number of hydrogen-bond acceptors (Lipinski definition) is 2. The Morgan fingerprint density at radius 2 is 2.33 bits per heavy atom. The summed E-state index contributed by atoms with van der Waals surface area (Å²) in [7, 11) is 1.79. The molecule has 0 aromatic carbocycles. The number of nitrogens with zero attached hydrogens (tertiary/aromatic N) is 3. The molecule has 0 saturated heterocycles. The number of halogens is 1. The van der Waals surface area contributed by atoms with Crippen LogP contribution in [0.2, 0.25) is 0 Å². The van der Waals surface area contributed by atoms with Gasteiger partial charge in [-0.05, 0) is 6.42 Å². The Hall–Kier alpha value is -1.03. The molecule has 0 N–H and O–H groups in total. The van der Waals surface area contributed by atoms with Gasteiger partial charge in [-0.3, -0.25) is 9.48 Å². The third-order valence-corrected chi connectivity index (χ3v) is 2.26. The number of amides is 1. The molecule has 1 rings (SSSR count). The van der Waals surface area contributed by atoms with E-state index in [1.54, 1.807) is 29.0 Å². The second-order valence-electron chi connectivity index (χ2n) is 3.38. The lowest BCUT2D eigenvalue weighted by atomic mass is 10.3. The van der Waals surface area contributed by atoms with Crippen molar-refractivity contribution in [2.75, 3.05) is 19.0 Å². The van der Waals surface area contributed by atoms with E-state index in [9.17, 15) is 4.79 Å². The predicted octanol–water partition coefficient (Wildman–Crippen LogP) is 1.51. The Kier molecular flexibility index (Phi) is 4.62. The summed E-state index contributed by atoms with van der Waals surface area (Å²) in [5.41, 5.74) is 0.621. The Bertz CT molecular complexity index is 318. The third kappa shape index (κ3) is 3.23. The lowest BCUT2D eigenvalue weighted by Crippen LogP contribution is -2.33. The van der Waals surface area contributed by atoms with Gasteiger partial charge in [0.1, 0.15) is 0 Å². The molecular weight excluding hydrogens is 214 g/mol. The Labute approximate surface area is 94.8 Å². The van der Waals surface area contributed by atoms with Crippen LogP contribution >= 0.6 is 11.6 Å². The number of hydrogen-bond donors (Lipinski definition) is 0. The van der Waals surface area contributed by atoms with Crippen molar-refractivity contribution in [2.24, 2.45) is 7.05 Å². The van der Waals surface area contributed by atoms with Gasteiger partial charge in [-0.2, -0.15) is 5.10 Å². The van der Waals surface area contributed by atoms with Crippen molar-refractivity contribution in [1.82, 2.24) is 14.7 Å². The van der Waals surface area contributed by atoms with Crippen LogP contribution in [0.3, 0.4) is 0 Å². The van der Waals surface area contributed by atoms with Crippen LogP contribution in [0, 0.1) is 0 Å². The molecule has 1 aromatic heterocycles. The number of aromatic nitrogens is 2. The second-order valence-corrected chi connectivity index (χ2v) is 3.76. The van der Waals surface area contributed by atoms with E-state index in [2.05, 4.69) is 5.10 Å². The fourth-order valence-electron chi connectivity index (χ4n) is 1.40. The highest BCUT2D eigenvalue weighted by Crippen LogP contribution is 2.04. The predicted molar refractivity (Wildman–Crippen MR) is 60.1 cm³/mol. The molecule has 1 heterocycles. The fourth-order valence-corrected chi connectivity index (χ4v) is 1.61. The first-order chi connectivity index (χ1) is 7.19. The summed E-state index contributed by atoms with van der Waals surface area (Å²) in [5, 5.41) is 3.98. The first-order valence-corrected chi connectivity index (χ1v) is 5.56. The van der Waals surface area contributed by atoms with E-state index < -0.39 is 0 Å². The lowest BCUT2D eigenvalue weighted by molar-refractivity contribution is 0.0765. The van der Waals surface area contributed by atoms with Crippen molar-refractivity contribution < 1.29 is 4.79 Å². The zero-order valence-corrected chi connectivity index (χ0v) is 9.87. The van der Waals surface area contributed by atoms with Crippen LogP contribution in [-0.4, -0.2) is 39.6 Å². The van der Waals surface area contributed by atoms with E-state index in [0.29, 0.717) is 18.0 Å². The number of aryl methyl sites for hydroxylation is 1. The minimum atomic E-state index is 0.00519. The second kappa shape index (κ2) is 5.75. The van der Waals surface area contributed by atoms with E-state index in [1.165, 1.54) is 0 Å². The highest BCUT2D eigenvalue weighted by molar-refractivity contribution is 6.18. The topological polar surface area (TPSA) is 38.1 Å². The summed E-state index contributed by atoms with van der Waals surface area (Å²) in [6.07, 6.45) is 4.24. The maximum Gasteiger partial charge on any atom is 0.257 e. The monoisotopic (exact) mass is 229 g/mol. The first-order valence-electron chi connectivity index (χ1n) is 5.03. The molecule has 0 saturated carbocycles. The van der Waals surface area contributed by atoms with Crippen LogP contribution in [0.1, 0.15) is 23.7 Å². The number of carbonyl (C=O) groups is 1. The van der Waals surface area contributed by atoms with Gasteiger partial charge in [-0.25, -0.2) is 0 Å². The van der Waals surface area contributed by atoms with Crippen LogP contribution in [0.25, 0.3) is 0 Å². The molecular formula is C10H16ClN3O. The smallest absolute Gasteiger partial charge is 0.257 e. The quantitative estimate of drug-likeness (QED) is 0.718. The molecule has 0 bridgehead atoms. The number of alkyl halides is 1. The summed E-state index contributed by atoms with van der Waals surface area (Å²) in [6.45, 7) is 3.36. The molecule has 0 unspecified atom stereocenters. The minimum Gasteiger partial charge on any atom is -0.337 e. The van der Waals surface area contributed by atoms with Gasteiger partial charge < -0.3 is 4.90 Å². The Balaban J connectivity index is 2.71. The molecule has 0 fully saturated rings. The van der Waals surface area contributed by atoms with E-state index >= 15 is 0 Å².